The zero-order valence-electron chi connectivity index (χ0n) is 5.52. The van der Waals surface area contributed by atoms with E-state index < -0.39 is 16.7 Å². The van der Waals surface area contributed by atoms with Crippen LogP contribution in [0.3, 0.4) is 0 Å². The lowest BCUT2D eigenvalue weighted by atomic mass is 10.3. The van der Waals surface area contributed by atoms with Gasteiger partial charge in [0.15, 0.2) is 0 Å². The highest BCUT2D eigenvalue weighted by molar-refractivity contribution is 5.66. The van der Waals surface area contributed by atoms with Crippen LogP contribution in [0.2, 0.25) is 0 Å². The molecule has 0 aliphatic heterocycles. The third-order valence-electron chi connectivity index (χ3n) is 0.835. The van der Waals surface area contributed by atoms with E-state index in [2.05, 4.69) is 0 Å². The van der Waals surface area contributed by atoms with Crippen molar-refractivity contribution in [1.29, 1.82) is 0 Å². The van der Waals surface area contributed by atoms with Gasteiger partial charge in [0.05, 0.1) is 4.92 Å². The largest absolute Gasteiger partial charge is 0.871 e. The van der Waals surface area contributed by atoms with Gasteiger partial charge in [-0.3, -0.25) is 14.9 Å². The maximum absolute atomic E-state index is 10.4. The van der Waals surface area contributed by atoms with E-state index >= 15 is 0 Å². The monoisotopic (exact) mass is 160 g/mol. The normalized spacial score (nSPS) is 11.1. The highest BCUT2D eigenvalue weighted by Crippen LogP contribution is 1.96. The molecule has 0 saturated heterocycles. The van der Waals surface area contributed by atoms with Gasteiger partial charge in [-0.15, -0.1) is 0 Å². The smallest absolute Gasteiger partial charge is 0.303 e. The van der Waals surface area contributed by atoms with Crippen molar-refractivity contribution in [3.8, 4) is 0 Å². The molecular weight excluding hydrogens is 154 g/mol. The van der Waals surface area contributed by atoms with Crippen LogP contribution >= 0.6 is 0 Å². The molecule has 1 N–H and O–H groups in total. The number of hydrogen-bond donors (Lipinski definition) is 1. The topological polar surface area (TPSA) is 104 Å². The number of nitrogens with zero attached hydrogens (tertiary/aromatic N) is 1. The minimum absolute atomic E-state index is 0.267. The van der Waals surface area contributed by atoms with Crippen LogP contribution in [0.15, 0.2) is 12.0 Å². The van der Waals surface area contributed by atoms with Crippen molar-refractivity contribution in [1.82, 2.24) is 0 Å². The third-order valence-corrected chi connectivity index (χ3v) is 0.835. The van der Waals surface area contributed by atoms with Gasteiger partial charge in [-0.05, 0) is 6.42 Å². The molecule has 62 valence electrons. The summed E-state index contributed by atoms with van der Waals surface area (Å²) in [7, 11) is 0. The minimum atomic E-state index is -1.14. The van der Waals surface area contributed by atoms with Crippen LogP contribution in [0.1, 0.15) is 12.8 Å². The molecule has 0 spiro atoms. The standard InChI is InChI=1S/C5H7NO5/c7-4(3-6(10)11)1-2-5(8)9/h3,7H,1-2H2,(H,8,9)/p-1. The highest BCUT2D eigenvalue weighted by atomic mass is 16.6. The molecule has 0 fully saturated rings. The van der Waals surface area contributed by atoms with Crippen molar-refractivity contribution < 1.29 is 19.9 Å². The summed E-state index contributed by atoms with van der Waals surface area (Å²) in [5, 5.41) is 28.1. The summed E-state index contributed by atoms with van der Waals surface area (Å²) >= 11 is 0. The van der Waals surface area contributed by atoms with Gasteiger partial charge >= 0.3 is 5.97 Å². The van der Waals surface area contributed by atoms with Crippen LogP contribution < -0.4 is 5.11 Å². The number of hydrogen-bond acceptors (Lipinski definition) is 4. The summed E-state index contributed by atoms with van der Waals surface area (Å²) in [6.07, 6.45) is -0.428. The number of aliphatic carboxylic acids is 1. The van der Waals surface area contributed by atoms with Crippen LogP contribution in [0.25, 0.3) is 0 Å². The number of carboxylic acids is 1. The lowest BCUT2D eigenvalue weighted by Gasteiger charge is -2.04. The summed E-state index contributed by atoms with van der Waals surface area (Å²) in [6, 6.07) is 0. The van der Waals surface area contributed by atoms with Crippen LogP contribution in [0.5, 0.6) is 0 Å². The summed E-state index contributed by atoms with van der Waals surface area (Å²) < 4.78 is 0. The van der Waals surface area contributed by atoms with E-state index in [1.807, 2.05) is 0 Å². The Labute approximate surface area is 61.9 Å². The highest BCUT2D eigenvalue weighted by Gasteiger charge is 1.96. The Balaban J connectivity index is 3.77. The molecule has 0 aromatic rings. The molecule has 0 aliphatic carbocycles. The molecule has 0 aromatic carbocycles. The van der Waals surface area contributed by atoms with E-state index in [9.17, 15) is 20.0 Å². The van der Waals surface area contributed by atoms with Crippen LogP contribution in [-0.4, -0.2) is 16.0 Å². The van der Waals surface area contributed by atoms with E-state index in [1.165, 1.54) is 0 Å². The van der Waals surface area contributed by atoms with Gasteiger partial charge in [-0.25, -0.2) is 0 Å². The quantitative estimate of drug-likeness (QED) is 0.333. The first kappa shape index (κ1) is 9.41. The summed E-state index contributed by atoms with van der Waals surface area (Å²) in [5.74, 6) is -1.92. The van der Waals surface area contributed by atoms with Crippen LogP contribution in [0.4, 0.5) is 0 Å². The average Bonchev–Trinajstić information content (AvgIpc) is 1.82. The maximum Gasteiger partial charge on any atom is 0.303 e. The predicted octanol–water partition coefficient (Wildman–Crippen LogP) is -0.670. The molecule has 0 amide bonds. The fraction of sp³-hybridized carbons (Fsp3) is 0.400. The Morgan fingerprint density at radius 3 is 2.45 bits per heavy atom. The Hall–Kier alpha value is -1.59. The van der Waals surface area contributed by atoms with Gasteiger partial charge in [0.25, 0.3) is 0 Å². The number of carboxylic acid groups (broad SMARTS) is 1. The molecular formula is C5H6NO5-. The second-order valence-electron chi connectivity index (χ2n) is 1.77. The average molecular weight is 160 g/mol. The second kappa shape index (κ2) is 4.26. The Bertz CT molecular complexity index is 197. The second-order valence-corrected chi connectivity index (χ2v) is 1.77. The molecule has 6 nitrogen and oxygen atoms in total. The van der Waals surface area contributed by atoms with Crippen molar-refractivity contribution in [3.63, 3.8) is 0 Å². The first-order valence-corrected chi connectivity index (χ1v) is 2.75. The fourth-order valence-electron chi connectivity index (χ4n) is 0.412. The molecule has 0 bridgehead atoms. The summed E-state index contributed by atoms with van der Waals surface area (Å²) in [5.41, 5.74) is 0. The molecule has 0 saturated carbocycles. The van der Waals surface area contributed by atoms with Gasteiger partial charge in [0, 0.05) is 6.42 Å². The molecule has 0 heterocycles. The Morgan fingerprint density at radius 2 is 2.09 bits per heavy atom. The summed E-state index contributed by atoms with van der Waals surface area (Å²) in [4.78, 5) is 18.6. The lowest BCUT2D eigenvalue weighted by Crippen LogP contribution is -2.08. The van der Waals surface area contributed by atoms with E-state index in [4.69, 9.17) is 5.11 Å². The van der Waals surface area contributed by atoms with E-state index in [0.29, 0.717) is 0 Å². The van der Waals surface area contributed by atoms with E-state index in [1.54, 1.807) is 0 Å². The van der Waals surface area contributed by atoms with Gasteiger partial charge in [-0.2, -0.15) is 0 Å². The number of allylic oxidation sites excluding steroid dienone is 1. The molecule has 11 heavy (non-hydrogen) atoms. The summed E-state index contributed by atoms with van der Waals surface area (Å²) in [6.45, 7) is 0. The first-order chi connectivity index (χ1) is 5.02. The molecule has 6 heteroatoms. The van der Waals surface area contributed by atoms with Crippen molar-refractivity contribution >= 4 is 5.97 Å². The molecule has 0 unspecified atom stereocenters. The van der Waals surface area contributed by atoms with Crippen LogP contribution in [-0.2, 0) is 4.79 Å². The number of rotatable bonds is 4. The van der Waals surface area contributed by atoms with Crippen LogP contribution in [0, 0.1) is 10.1 Å². The SMILES string of the molecule is O=C(O)CCC([O-])=C[N+](=O)[O-]. The first-order valence-electron chi connectivity index (χ1n) is 2.75. The van der Waals surface area contributed by atoms with Gasteiger partial charge in [0.1, 0.15) is 0 Å². The zero-order chi connectivity index (χ0) is 8.85. The Morgan fingerprint density at radius 1 is 1.55 bits per heavy atom. The minimum Gasteiger partial charge on any atom is -0.871 e. The number of nitro groups is 1. The van der Waals surface area contributed by atoms with E-state index in [-0.39, 0.29) is 19.0 Å². The van der Waals surface area contributed by atoms with Gasteiger partial charge in [0.2, 0.25) is 6.20 Å². The Kier molecular flexibility index (Phi) is 3.65. The zero-order valence-corrected chi connectivity index (χ0v) is 5.52. The predicted molar refractivity (Wildman–Crippen MR) is 31.9 cm³/mol. The number of carbonyl (C=O) groups is 1. The molecule has 0 radical (unpaired) electrons. The lowest BCUT2D eigenvalue weighted by molar-refractivity contribution is -0.421. The molecule has 0 aliphatic rings. The third kappa shape index (κ3) is 6.29. The molecule has 0 aromatic heterocycles. The van der Waals surface area contributed by atoms with Crippen molar-refractivity contribution in [2.24, 2.45) is 0 Å². The van der Waals surface area contributed by atoms with E-state index in [0.717, 1.165) is 0 Å². The van der Waals surface area contributed by atoms with Gasteiger partial charge in [-0.1, -0.05) is 5.76 Å². The van der Waals surface area contributed by atoms with Crippen molar-refractivity contribution in [2.75, 3.05) is 0 Å². The molecule has 0 rings (SSSR count). The maximum atomic E-state index is 10.4. The van der Waals surface area contributed by atoms with Crippen molar-refractivity contribution in [3.05, 3.63) is 22.1 Å². The van der Waals surface area contributed by atoms with Crippen molar-refractivity contribution in [2.45, 2.75) is 12.8 Å². The fourth-order valence-corrected chi connectivity index (χ4v) is 0.412. The van der Waals surface area contributed by atoms with Gasteiger partial charge < -0.3 is 10.2 Å². The molecule has 0 atom stereocenters.